The third kappa shape index (κ3) is 1.35. The van der Waals surface area contributed by atoms with Crippen molar-refractivity contribution in [1.82, 2.24) is 0 Å². The van der Waals surface area contributed by atoms with Gasteiger partial charge in [-0.05, 0) is 18.2 Å². The lowest BCUT2D eigenvalue weighted by molar-refractivity contribution is 0.0697. The summed E-state index contributed by atoms with van der Waals surface area (Å²) in [5.74, 6) is -0.812. The van der Waals surface area contributed by atoms with Crippen molar-refractivity contribution in [2.45, 2.75) is 6.67 Å². The summed E-state index contributed by atoms with van der Waals surface area (Å²) in [4.78, 5) is 10.6. The standard InChI is InChI=1S/C10H7FO3/c11-5-8-3-6-1-2-7(10(12)13)4-9(6)14-8/h1-4H,5H2,(H,12,13). The van der Waals surface area contributed by atoms with Crippen LogP contribution in [0.4, 0.5) is 4.39 Å². The average Bonchev–Trinajstić information content (AvgIpc) is 2.58. The van der Waals surface area contributed by atoms with E-state index in [1.54, 1.807) is 12.1 Å². The van der Waals surface area contributed by atoms with Gasteiger partial charge in [0.05, 0.1) is 5.56 Å². The van der Waals surface area contributed by atoms with Crippen LogP contribution in [0.3, 0.4) is 0 Å². The number of carboxylic acid groups (broad SMARTS) is 1. The number of hydrogen-bond acceptors (Lipinski definition) is 2. The zero-order valence-electron chi connectivity index (χ0n) is 7.16. The van der Waals surface area contributed by atoms with Crippen LogP contribution >= 0.6 is 0 Å². The fraction of sp³-hybridized carbons (Fsp3) is 0.100. The van der Waals surface area contributed by atoms with Crippen LogP contribution in [0.2, 0.25) is 0 Å². The van der Waals surface area contributed by atoms with Gasteiger partial charge in [0.15, 0.2) is 0 Å². The normalized spacial score (nSPS) is 10.6. The molecule has 0 radical (unpaired) electrons. The van der Waals surface area contributed by atoms with Gasteiger partial charge in [-0.15, -0.1) is 0 Å². The zero-order chi connectivity index (χ0) is 10.1. The van der Waals surface area contributed by atoms with Gasteiger partial charge in [0.1, 0.15) is 18.0 Å². The first-order valence-corrected chi connectivity index (χ1v) is 4.02. The summed E-state index contributed by atoms with van der Waals surface area (Å²) < 4.78 is 17.3. The van der Waals surface area contributed by atoms with E-state index in [4.69, 9.17) is 9.52 Å². The summed E-state index contributed by atoms with van der Waals surface area (Å²) in [6, 6.07) is 6.00. The van der Waals surface area contributed by atoms with E-state index < -0.39 is 12.6 Å². The van der Waals surface area contributed by atoms with Crippen LogP contribution in [0.25, 0.3) is 11.0 Å². The van der Waals surface area contributed by atoms with Crippen LogP contribution in [-0.4, -0.2) is 11.1 Å². The largest absolute Gasteiger partial charge is 0.478 e. The molecule has 14 heavy (non-hydrogen) atoms. The number of carbonyl (C=O) groups is 1. The molecule has 0 saturated heterocycles. The second-order valence-corrected chi connectivity index (χ2v) is 2.90. The minimum absolute atomic E-state index is 0.136. The first kappa shape index (κ1) is 8.74. The van der Waals surface area contributed by atoms with E-state index in [9.17, 15) is 9.18 Å². The molecule has 2 rings (SSSR count). The zero-order valence-corrected chi connectivity index (χ0v) is 7.16. The number of carboxylic acids is 1. The number of aromatic carboxylic acids is 1. The minimum atomic E-state index is -1.02. The molecule has 0 saturated carbocycles. The van der Waals surface area contributed by atoms with E-state index in [1.807, 2.05) is 0 Å². The highest BCUT2D eigenvalue weighted by atomic mass is 19.1. The number of hydrogen-bond donors (Lipinski definition) is 1. The van der Waals surface area contributed by atoms with E-state index >= 15 is 0 Å². The summed E-state index contributed by atoms with van der Waals surface area (Å²) in [6.45, 7) is -0.683. The smallest absolute Gasteiger partial charge is 0.335 e. The van der Waals surface area contributed by atoms with Crippen LogP contribution in [0.5, 0.6) is 0 Å². The van der Waals surface area contributed by atoms with Crippen molar-refractivity contribution >= 4 is 16.9 Å². The van der Waals surface area contributed by atoms with Crippen molar-refractivity contribution in [3.05, 3.63) is 35.6 Å². The Hall–Kier alpha value is -1.84. The number of furan rings is 1. The highest BCUT2D eigenvalue weighted by Crippen LogP contribution is 2.21. The second-order valence-electron chi connectivity index (χ2n) is 2.90. The average molecular weight is 194 g/mol. The SMILES string of the molecule is O=C(O)c1ccc2cc(CF)oc2c1. The predicted octanol–water partition coefficient (Wildman–Crippen LogP) is 2.60. The number of benzene rings is 1. The van der Waals surface area contributed by atoms with Crippen molar-refractivity contribution in [1.29, 1.82) is 0 Å². The number of halogens is 1. The third-order valence-corrected chi connectivity index (χ3v) is 1.95. The predicted molar refractivity (Wildman–Crippen MR) is 48.0 cm³/mol. The first-order chi connectivity index (χ1) is 6.70. The Morgan fingerprint density at radius 3 is 2.86 bits per heavy atom. The molecule has 0 unspecified atom stereocenters. The van der Waals surface area contributed by atoms with Crippen LogP contribution < -0.4 is 0 Å². The van der Waals surface area contributed by atoms with Crippen LogP contribution in [-0.2, 0) is 6.67 Å². The molecule has 0 aliphatic heterocycles. The molecular formula is C10H7FO3. The molecule has 0 amide bonds. The number of rotatable bonds is 2. The molecule has 1 N–H and O–H groups in total. The molecule has 1 heterocycles. The van der Waals surface area contributed by atoms with Gasteiger partial charge in [-0.3, -0.25) is 0 Å². The van der Waals surface area contributed by atoms with Crippen molar-refractivity contribution < 1.29 is 18.7 Å². The van der Waals surface area contributed by atoms with E-state index in [-0.39, 0.29) is 11.3 Å². The topological polar surface area (TPSA) is 50.4 Å². The van der Waals surface area contributed by atoms with Crippen LogP contribution in [0, 0.1) is 0 Å². The molecule has 1 aromatic carbocycles. The molecule has 0 spiro atoms. The monoisotopic (exact) mass is 194 g/mol. The van der Waals surface area contributed by atoms with E-state index in [2.05, 4.69) is 0 Å². The molecular weight excluding hydrogens is 187 g/mol. The van der Waals surface area contributed by atoms with Gasteiger partial charge >= 0.3 is 5.97 Å². The van der Waals surface area contributed by atoms with Crippen molar-refractivity contribution in [3.63, 3.8) is 0 Å². The summed E-state index contributed by atoms with van der Waals surface area (Å²) in [5.41, 5.74) is 0.537. The molecule has 3 nitrogen and oxygen atoms in total. The Kier molecular flexibility index (Phi) is 1.96. The highest BCUT2D eigenvalue weighted by Gasteiger charge is 2.07. The number of fused-ring (bicyclic) bond motifs is 1. The lowest BCUT2D eigenvalue weighted by atomic mass is 10.2. The van der Waals surface area contributed by atoms with E-state index in [0.717, 1.165) is 0 Å². The third-order valence-electron chi connectivity index (χ3n) is 1.95. The first-order valence-electron chi connectivity index (χ1n) is 4.02. The fourth-order valence-electron chi connectivity index (χ4n) is 1.29. The van der Waals surface area contributed by atoms with Crippen molar-refractivity contribution in [3.8, 4) is 0 Å². The molecule has 4 heteroatoms. The fourth-order valence-corrected chi connectivity index (χ4v) is 1.29. The molecule has 0 aliphatic rings. The number of alkyl halides is 1. The molecule has 0 bridgehead atoms. The molecule has 0 fully saturated rings. The van der Waals surface area contributed by atoms with E-state index in [0.29, 0.717) is 11.0 Å². The quantitative estimate of drug-likeness (QED) is 0.799. The maximum absolute atomic E-state index is 12.2. The Morgan fingerprint density at radius 1 is 1.43 bits per heavy atom. The van der Waals surface area contributed by atoms with Gasteiger partial charge in [-0.1, -0.05) is 6.07 Å². The molecule has 0 aliphatic carbocycles. The van der Waals surface area contributed by atoms with Crippen molar-refractivity contribution in [2.75, 3.05) is 0 Å². The maximum atomic E-state index is 12.2. The second kappa shape index (κ2) is 3.14. The summed E-state index contributed by atoms with van der Waals surface area (Å²) >= 11 is 0. The Morgan fingerprint density at radius 2 is 2.21 bits per heavy atom. The summed E-state index contributed by atoms with van der Waals surface area (Å²) in [6.07, 6.45) is 0. The summed E-state index contributed by atoms with van der Waals surface area (Å²) in [7, 11) is 0. The maximum Gasteiger partial charge on any atom is 0.335 e. The van der Waals surface area contributed by atoms with Gasteiger partial charge in [-0.2, -0.15) is 0 Å². The summed E-state index contributed by atoms with van der Waals surface area (Å²) in [5, 5.41) is 9.40. The minimum Gasteiger partial charge on any atom is -0.478 e. The molecule has 0 atom stereocenters. The van der Waals surface area contributed by atoms with Gasteiger partial charge < -0.3 is 9.52 Å². The van der Waals surface area contributed by atoms with Crippen molar-refractivity contribution in [2.24, 2.45) is 0 Å². The van der Waals surface area contributed by atoms with Gasteiger partial charge in [0.2, 0.25) is 0 Å². The van der Waals surface area contributed by atoms with Crippen LogP contribution in [0.1, 0.15) is 16.1 Å². The van der Waals surface area contributed by atoms with Gasteiger partial charge in [0, 0.05) is 5.39 Å². The molecule has 1 aromatic heterocycles. The lowest BCUT2D eigenvalue weighted by Gasteiger charge is -1.92. The molecule has 2 aromatic rings. The Labute approximate surface area is 78.8 Å². The molecule has 72 valence electrons. The lowest BCUT2D eigenvalue weighted by Crippen LogP contribution is -1.94. The van der Waals surface area contributed by atoms with Gasteiger partial charge in [-0.25, -0.2) is 9.18 Å². The van der Waals surface area contributed by atoms with E-state index in [1.165, 1.54) is 12.1 Å². The van der Waals surface area contributed by atoms with Crippen LogP contribution in [0.15, 0.2) is 28.7 Å². The highest BCUT2D eigenvalue weighted by molar-refractivity contribution is 5.92. The Bertz CT molecular complexity index is 487. The Balaban J connectivity index is 2.59. The van der Waals surface area contributed by atoms with Gasteiger partial charge in [0.25, 0.3) is 0 Å².